The van der Waals surface area contributed by atoms with Gasteiger partial charge in [-0.1, -0.05) is 42.5 Å². The minimum atomic E-state index is -3.51. The number of fused-ring (bicyclic) bond motifs is 1. The van der Waals surface area contributed by atoms with Crippen molar-refractivity contribution in [2.45, 2.75) is 30.4 Å². The lowest BCUT2D eigenvalue weighted by Crippen LogP contribution is -2.25. The van der Waals surface area contributed by atoms with Gasteiger partial charge in [-0.2, -0.15) is 4.31 Å². The number of rotatable bonds is 5. The third-order valence-electron chi connectivity index (χ3n) is 4.90. The second-order valence-corrected chi connectivity index (χ2v) is 8.69. The lowest BCUT2D eigenvalue weighted by molar-refractivity contribution is 0.431. The van der Waals surface area contributed by atoms with Gasteiger partial charge in [-0.15, -0.1) is 0 Å². The SMILES string of the molecule is NC(Cc1ccc(S(=O)(=O)N2Cc3ccccc3C2)cc1)c1ccccn1. The molecule has 1 atom stereocenters. The van der Waals surface area contributed by atoms with Crippen LogP contribution in [0.1, 0.15) is 28.4 Å². The van der Waals surface area contributed by atoms with E-state index in [9.17, 15) is 8.42 Å². The first-order chi connectivity index (χ1) is 13.0. The number of pyridine rings is 1. The van der Waals surface area contributed by atoms with Crippen LogP contribution in [0.5, 0.6) is 0 Å². The van der Waals surface area contributed by atoms with Crippen LogP contribution < -0.4 is 5.73 Å². The van der Waals surface area contributed by atoms with Crippen molar-refractivity contribution in [1.82, 2.24) is 9.29 Å². The number of benzene rings is 2. The summed E-state index contributed by atoms with van der Waals surface area (Å²) in [4.78, 5) is 4.59. The van der Waals surface area contributed by atoms with Gasteiger partial charge in [0, 0.05) is 19.3 Å². The molecular formula is C21H21N3O2S. The highest BCUT2D eigenvalue weighted by Crippen LogP contribution is 2.28. The normalized spacial score (nSPS) is 15.4. The van der Waals surface area contributed by atoms with Crippen molar-refractivity contribution in [3.8, 4) is 0 Å². The molecule has 0 radical (unpaired) electrons. The summed E-state index contributed by atoms with van der Waals surface area (Å²) in [6, 6.07) is 20.3. The van der Waals surface area contributed by atoms with Crippen LogP contribution in [0.3, 0.4) is 0 Å². The van der Waals surface area contributed by atoms with Gasteiger partial charge in [0.25, 0.3) is 0 Å². The van der Waals surface area contributed by atoms with Gasteiger partial charge in [0.2, 0.25) is 10.0 Å². The van der Waals surface area contributed by atoms with Crippen molar-refractivity contribution in [3.63, 3.8) is 0 Å². The fourth-order valence-electron chi connectivity index (χ4n) is 3.37. The molecule has 0 amide bonds. The molecule has 6 heteroatoms. The van der Waals surface area contributed by atoms with Crippen molar-refractivity contribution >= 4 is 10.0 Å². The van der Waals surface area contributed by atoms with Gasteiger partial charge in [0.1, 0.15) is 0 Å². The van der Waals surface area contributed by atoms with Crippen molar-refractivity contribution in [3.05, 3.63) is 95.3 Å². The zero-order chi connectivity index (χ0) is 18.9. The van der Waals surface area contributed by atoms with Crippen LogP contribution in [0.15, 0.2) is 77.8 Å². The summed E-state index contributed by atoms with van der Waals surface area (Å²) in [5.41, 5.74) is 10.2. The molecule has 2 N–H and O–H groups in total. The molecule has 27 heavy (non-hydrogen) atoms. The average molecular weight is 379 g/mol. The molecule has 3 aromatic rings. The van der Waals surface area contributed by atoms with Crippen LogP contribution in [0, 0.1) is 0 Å². The average Bonchev–Trinajstić information content (AvgIpc) is 3.14. The maximum Gasteiger partial charge on any atom is 0.243 e. The number of hydrogen-bond donors (Lipinski definition) is 1. The Kier molecular flexibility index (Phi) is 4.78. The van der Waals surface area contributed by atoms with Crippen LogP contribution in [-0.4, -0.2) is 17.7 Å². The van der Waals surface area contributed by atoms with E-state index in [0.717, 1.165) is 22.4 Å². The Hall–Kier alpha value is -2.54. The van der Waals surface area contributed by atoms with E-state index in [0.29, 0.717) is 24.4 Å². The Morgan fingerprint density at radius 3 is 2.15 bits per heavy atom. The molecule has 1 unspecified atom stereocenters. The predicted molar refractivity (Wildman–Crippen MR) is 104 cm³/mol. The first-order valence-corrected chi connectivity index (χ1v) is 10.3. The van der Waals surface area contributed by atoms with Crippen LogP contribution in [0.4, 0.5) is 0 Å². The van der Waals surface area contributed by atoms with Crippen LogP contribution in [0.2, 0.25) is 0 Å². The number of hydrogen-bond acceptors (Lipinski definition) is 4. The smallest absolute Gasteiger partial charge is 0.243 e. The third-order valence-corrected chi connectivity index (χ3v) is 6.70. The molecule has 0 aliphatic carbocycles. The van der Waals surface area contributed by atoms with Crippen molar-refractivity contribution in [2.75, 3.05) is 0 Å². The van der Waals surface area contributed by atoms with Gasteiger partial charge in [0.15, 0.2) is 0 Å². The van der Waals surface area contributed by atoms with E-state index in [4.69, 9.17) is 5.73 Å². The summed E-state index contributed by atoms with van der Waals surface area (Å²) in [5, 5.41) is 0. The highest BCUT2D eigenvalue weighted by molar-refractivity contribution is 7.89. The topological polar surface area (TPSA) is 76.3 Å². The van der Waals surface area contributed by atoms with Crippen molar-refractivity contribution in [2.24, 2.45) is 5.73 Å². The third kappa shape index (κ3) is 3.64. The zero-order valence-electron chi connectivity index (χ0n) is 14.8. The monoisotopic (exact) mass is 379 g/mol. The fourth-order valence-corrected chi connectivity index (χ4v) is 4.77. The highest BCUT2D eigenvalue weighted by Gasteiger charge is 2.30. The van der Waals surface area contributed by atoms with Gasteiger partial charge in [-0.3, -0.25) is 4.98 Å². The van der Waals surface area contributed by atoms with E-state index in [-0.39, 0.29) is 6.04 Å². The minimum Gasteiger partial charge on any atom is -0.322 e. The molecule has 0 bridgehead atoms. The van der Waals surface area contributed by atoms with Gasteiger partial charge >= 0.3 is 0 Å². The standard InChI is InChI=1S/C21H21N3O2S/c22-20(21-7-3-4-12-23-21)13-16-8-10-19(11-9-16)27(25,26)24-14-17-5-1-2-6-18(17)15-24/h1-12,20H,13-15,22H2. The van der Waals surface area contributed by atoms with E-state index in [1.807, 2.05) is 54.6 Å². The molecule has 2 heterocycles. The Balaban J connectivity index is 1.49. The lowest BCUT2D eigenvalue weighted by atomic mass is 10.0. The van der Waals surface area contributed by atoms with Crippen LogP contribution in [-0.2, 0) is 29.5 Å². The lowest BCUT2D eigenvalue weighted by Gasteiger charge is -2.16. The number of nitrogens with zero attached hydrogens (tertiary/aromatic N) is 2. The molecule has 1 aliphatic heterocycles. The Morgan fingerprint density at radius 2 is 1.56 bits per heavy atom. The van der Waals surface area contributed by atoms with Gasteiger partial charge in [-0.05, 0) is 47.4 Å². The zero-order valence-corrected chi connectivity index (χ0v) is 15.6. The summed E-state index contributed by atoms with van der Waals surface area (Å²) >= 11 is 0. The van der Waals surface area contributed by atoms with E-state index in [1.165, 1.54) is 4.31 Å². The molecular weight excluding hydrogens is 358 g/mol. The summed E-state index contributed by atoms with van der Waals surface area (Å²) in [6.45, 7) is 0.843. The molecule has 1 aromatic heterocycles. The summed E-state index contributed by atoms with van der Waals surface area (Å²) in [7, 11) is -3.51. The number of aromatic nitrogens is 1. The minimum absolute atomic E-state index is 0.221. The second kappa shape index (κ2) is 7.23. The molecule has 0 fully saturated rings. The molecule has 2 aromatic carbocycles. The summed E-state index contributed by atoms with van der Waals surface area (Å²) in [5.74, 6) is 0. The van der Waals surface area contributed by atoms with Gasteiger partial charge in [0.05, 0.1) is 16.6 Å². The van der Waals surface area contributed by atoms with E-state index < -0.39 is 10.0 Å². The maximum atomic E-state index is 12.9. The molecule has 5 nitrogen and oxygen atoms in total. The van der Waals surface area contributed by atoms with Crippen LogP contribution >= 0.6 is 0 Å². The van der Waals surface area contributed by atoms with E-state index in [1.54, 1.807) is 18.3 Å². The Morgan fingerprint density at radius 1 is 0.926 bits per heavy atom. The Labute approximate surface area is 159 Å². The van der Waals surface area contributed by atoms with E-state index >= 15 is 0 Å². The van der Waals surface area contributed by atoms with Crippen molar-refractivity contribution < 1.29 is 8.42 Å². The molecule has 138 valence electrons. The van der Waals surface area contributed by atoms with E-state index in [2.05, 4.69) is 4.98 Å². The van der Waals surface area contributed by atoms with Crippen molar-refractivity contribution in [1.29, 1.82) is 0 Å². The second-order valence-electron chi connectivity index (χ2n) is 6.75. The predicted octanol–water partition coefficient (Wildman–Crippen LogP) is 3.03. The molecule has 0 saturated heterocycles. The first kappa shape index (κ1) is 17.9. The largest absolute Gasteiger partial charge is 0.322 e. The highest BCUT2D eigenvalue weighted by atomic mass is 32.2. The summed E-state index contributed by atoms with van der Waals surface area (Å²) in [6.07, 6.45) is 2.32. The number of nitrogens with two attached hydrogens (primary N) is 1. The quantitative estimate of drug-likeness (QED) is 0.739. The molecule has 1 aliphatic rings. The Bertz CT molecular complexity index is 1010. The fraction of sp³-hybridized carbons (Fsp3) is 0.190. The van der Waals surface area contributed by atoms with Crippen LogP contribution in [0.25, 0.3) is 0 Å². The number of sulfonamides is 1. The van der Waals surface area contributed by atoms with Gasteiger partial charge < -0.3 is 5.73 Å². The first-order valence-electron chi connectivity index (χ1n) is 8.86. The molecule has 0 saturated carbocycles. The van der Waals surface area contributed by atoms with Gasteiger partial charge in [-0.25, -0.2) is 8.42 Å². The maximum absolute atomic E-state index is 12.9. The molecule has 0 spiro atoms. The summed E-state index contributed by atoms with van der Waals surface area (Å²) < 4.78 is 27.4. The molecule has 4 rings (SSSR count).